The molecular weight excluding hydrogens is 138 g/mol. The van der Waals surface area contributed by atoms with E-state index in [1.54, 1.807) is 0 Å². The van der Waals surface area contributed by atoms with Crippen LogP contribution >= 0.6 is 11.6 Å². The molecule has 52 valence electrons. The molecule has 2 nitrogen and oxygen atoms in total. The molecule has 0 radical (unpaired) electrons. The number of hydrogen-bond acceptors (Lipinski definition) is 2. The van der Waals surface area contributed by atoms with Crippen LogP contribution in [-0.4, -0.2) is 10.8 Å². The molecule has 0 unspecified atom stereocenters. The quantitative estimate of drug-likeness (QED) is 0.515. The highest BCUT2D eigenvalue weighted by atomic mass is 35.5. The molecule has 0 atom stereocenters. The fourth-order valence-electron chi connectivity index (χ4n) is 0.669. The molecule has 1 rings (SSSR count). The molecule has 0 amide bonds. The van der Waals surface area contributed by atoms with Gasteiger partial charge in [0.1, 0.15) is 10.8 Å². The molecule has 3 heteroatoms. The van der Waals surface area contributed by atoms with Crippen LogP contribution in [0.25, 0.3) is 0 Å². The summed E-state index contributed by atoms with van der Waals surface area (Å²) in [4.78, 5) is 5.03. The smallest absolute Gasteiger partial charge is 0.145 e. The van der Waals surface area contributed by atoms with Crippen LogP contribution in [-0.2, 0) is 4.84 Å². The van der Waals surface area contributed by atoms with E-state index in [2.05, 4.69) is 5.16 Å². The summed E-state index contributed by atoms with van der Waals surface area (Å²) in [5.74, 6) is 0. The standard InChI is InChI=1S/C6H10ClNO/c1-6(2)4-3-5(7)8-9-6/h3-4H2,1-2H3. The summed E-state index contributed by atoms with van der Waals surface area (Å²) in [7, 11) is 0. The summed E-state index contributed by atoms with van der Waals surface area (Å²) in [5, 5.41) is 4.24. The molecule has 9 heavy (non-hydrogen) atoms. The maximum Gasteiger partial charge on any atom is 0.145 e. The Labute approximate surface area is 59.8 Å². The van der Waals surface area contributed by atoms with E-state index >= 15 is 0 Å². The highest BCUT2D eigenvalue weighted by Crippen LogP contribution is 2.22. The van der Waals surface area contributed by atoms with Crippen LogP contribution in [0.1, 0.15) is 26.7 Å². The largest absolute Gasteiger partial charge is 0.389 e. The molecule has 0 aromatic rings. The fraction of sp³-hybridized carbons (Fsp3) is 0.833. The van der Waals surface area contributed by atoms with Gasteiger partial charge < -0.3 is 4.84 Å². The predicted octanol–water partition coefficient (Wildman–Crippen LogP) is 2.13. The topological polar surface area (TPSA) is 21.6 Å². The summed E-state index contributed by atoms with van der Waals surface area (Å²) in [6, 6.07) is 0. The third-order valence-corrected chi connectivity index (χ3v) is 1.58. The van der Waals surface area contributed by atoms with Crippen LogP contribution in [0, 0.1) is 0 Å². The van der Waals surface area contributed by atoms with E-state index < -0.39 is 0 Å². The second-order valence-electron chi connectivity index (χ2n) is 2.82. The zero-order valence-electron chi connectivity index (χ0n) is 5.65. The average Bonchev–Trinajstić information content (AvgIpc) is 1.78. The Hall–Kier alpha value is -0.240. The normalized spacial score (nSPS) is 24.6. The van der Waals surface area contributed by atoms with Crippen molar-refractivity contribution >= 4 is 16.8 Å². The lowest BCUT2D eigenvalue weighted by molar-refractivity contribution is -0.0275. The second-order valence-corrected chi connectivity index (χ2v) is 3.25. The second kappa shape index (κ2) is 2.18. The fourth-order valence-corrected chi connectivity index (χ4v) is 0.798. The zero-order chi connectivity index (χ0) is 6.91. The minimum absolute atomic E-state index is 0.113. The SMILES string of the molecule is CC1(C)CCC(Cl)=NO1. The summed E-state index contributed by atoms with van der Waals surface area (Å²) < 4.78 is 0. The molecule has 0 aromatic carbocycles. The lowest BCUT2D eigenvalue weighted by Crippen LogP contribution is -2.26. The first-order valence-electron chi connectivity index (χ1n) is 3.01. The van der Waals surface area contributed by atoms with Crippen LogP contribution in [0.5, 0.6) is 0 Å². The number of rotatable bonds is 0. The van der Waals surface area contributed by atoms with Crippen molar-refractivity contribution in [2.75, 3.05) is 0 Å². The first-order chi connectivity index (χ1) is 4.10. The van der Waals surface area contributed by atoms with Crippen molar-refractivity contribution in [3.05, 3.63) is 0 Å². The molecular formula is C6H10ClNO. The van der Waals surface area contributed by atoms with Crippen molar-refractivity contribution < 1.29 is 4.84 Å². The van der Waals surface area contributed by atoms with Gasteiger partial charge in [-0.1, -0.05) is 16.8 Å². The van der Waals surface area contributed by atoms with Crippen molar-refractivity contribution in [3.63, 3.8) is 0 Å². The Bertz CT molecular complexity index is 142. The lowest BCUT2D eigenvalue weighted by Gasteiger charge is -2.25. The zero-order valence-corrected chi connectivity index (χ0v) is 6.40. The molecule has 0 N–H and O–H groups in total. The van der Waals surface area contributed by atoms with Gasteiger partial charge in [0.2, 0.25) is 0 Å². The molecule has 0 saturated heterocycles. The summed E-state index contributed by atoms with van der Waals surface area (Å²) in [5.41, 5.74) is -0.113. The van der Waals surface area contributed by atoms with Crippen molar-refractivity contribution in [1.29, 1.82) is 0 Å². The molecule has 0 aliphatic carbocycles. The van der Waals surface area contributed by atoms with Crippen LogP contribution in [0.4, 0.5) is 0 Å². The molecule has 0 aromatic heterocycles. The van der Waals surface area contributed by atoms with Gasteiger partial charge >= 0.3 is 0 Å². The van der Waals surface area contributed by atoms with E-state index in [-0.39, 0.29) is 5.60 Å². The van der Waals surface area contributed by atoms with Crippen LogP contribution < -0.4 is 0 Å². The monoisotopic (exact) mass is 147 g/mol. The van der Waals surface area contributed by atoms with Gasteiger partial charge in [0.05, 0.1) is 0 Å². The molecule has 0 bridgehead atoms. The molecule has 1 aliphatic rings. The Morgan fingerprint density at radius 1 is 1.67 bits per heavy atom. The van der Waals surface area contributed by atoms with E-state index in [4.69, 9.17) is 16.4 Å². The number of nitrogens with zero attached hydrogens (tertiary/aromatic N) is 1. The Morgan fingerprint density at radius 2 is 2.33 bits per heavy atom. The number of hydrogen-bond donors (Lipinski definition) is 0. The van der Waals surface area contributed by atoms with E-state index in [9.17, 15) is 0 Å². The van der Waals surface area contributed by atoms with Gasteiger partial charge in [-0.2, -0.15) is 0 Å². The highest BCUT2D eigenvalue weighted by Gasteiger charge is 2.23. The Kier molecular flexibility index (Phi) is 1.66. The molecule has 0 fully saturated rings. The minimum atomic E-state index is -0.113. The predicted molar refractivity (Wildman–Crippen MR) is 37.7 cm³/mol. The van der Waals surface area contributed by atoms with E-state index in [0.717, 1.165) is 12.8 Å². The summed E-state index contributed by atoms with van der Waals surface area (Å²) >= 11 is 5.57. The van der Waals surface area contributed by atoms with Crippen LogP contribution in [0.15, 0.2) is 5.16 Å². The van der Waals surface area contributed by atoms with Gasteiger partial charge in [0.15, 0.2) is 0 Å². The molecule has 0 spiro atoms. The van der Waals surface area contributed by atoms with Crippen LogP contribution in [0.2, 0.25) is 0 Å². The first-order valence-corrected chi connectivity index (χ1v) is 3.38. The average molecular weight is 148 g/mol. The third kappa shape index (κ3) is 1.86. The van der Waals surface area contributed by atoms with Gasteiger partial charge in [-0.3, -0.25) is 0 Å². The molecule has 1 aliphatic heterocycles. The van der Waals surface area contributed by atoms with E-state index in [1.807, 2.05) is 13.8 Å². The lowest BCUT2D eigenvalue weighted by atomic mass is 10.0. The van der Waals surface area contributed by atoms with Gasteiger partial charge in [0, 0.05) is 6.42 Å². The first kappa shape index (κ1) is 6.87. The van der Waals surface area contributed by atoms with Gasteiger partial charge in [-0.25, -0.2) is 0 Å². The number of oxime groups is 1. The Morgan fingerprint density at radius 3 is 2.67 bits per heavy atom. The van der Waals surface area contributed by atoms with Crippen LogP contribution in [0.3, 0.4) is 0 Å². The van der Waals surface area contributed by atoms with Crippen molar-refractivity contribution in [3.8, 4) is 0 Å². The number of halogens is 1. The van der Waals surface area contributed by atoms with Crippen molar-refractivity contribution in [1.82, 2.24) is 0 Å². The maximum atomic E-state index is 5.57. The van der Waals surface area contributed by atoms with Gasteiger partial charge in [0.25, 0.3) is 0 Å². The van der Waals surface area contributed by atoms with Gasteiger partial charge in [-0.05, 0) is 20.3 Å². The van der Waals surface area contributed by atoms with E-state index in [0.29, 0.717) is 5.17 Å². The minimum Gasteiger partial charge on any atom is -0.389 e. The summed E-state index contributed by atoms with van der Waals surface area (Å²) in [6.07, 6.45) is 1.80. The molecule has 1 heterocycles. The Balaban J connectivity index is 2.56. The van der Waals surface area contributed by atoms with E-state index in [1.165, 1.54) is 0 Å². The third-order valence-electron chi connectivity index (χ3n) is 1.33. The van der Waals surface area contributed by atoms with Crippen molar-refractivity contribution in [2.24, 2.45) is 5.16 Å². The maximum absolute atomic E-state index is 5.57. The summed E-state index contributed by atoms with van der Waals surface area (Å²) in [6.45, 7) is 4.00. The van der Waals surface area contributed by atoms with Gasteiger partial charge in [-0.15, -0.1) is 0 Å². The highest BCUT2D eigenvalue weighted by molar-refractivity contribution is 6.65. The molecule has 0 saturated carbocycles. The van der Waals surface area contributed by atoms with Crippen molar-refractivity contribution in [2.45, 2.75) is 32.3 Å².